The number of likely N-dealkylation sites (tertiary alicyclic amines) is 1. The van der Waals surface area contributed by atoms with Crippen LogP contribution in [0.3, 0.4) is 0 Å². The van der Waals surface area contributed by atoms with Gasteiger partial charge in [-0.1, -0.05) is 12.1 Å². The molecule has 124 valence electrons. The van der Waals surface area contributed by atoms with Crippen LogP contribution >= 0.6 is 0 Å². The van der Waals surface area contributed by atoms with Gasteiger partial charge in [-0.3, -0.25) is 4.68 Å². The van der Waals surface area contributed by atoms with Gasteiger partial charge < -0.3 is 14.7 Å². The monoisotopic (exact) mass is 315 g/mol. The highest BCUT2D eigenvalue weighted by Gasteiger charge is 2.33. The van der Waals surface area contributed by atoms with E-state index < -0.39 is 0 Å². The second kappa shape index (κ2) is 7.15. The van der Waals surface area contributed by atoms with E-state index in [1.165, 1.54) is 11.1 Å². The molecule has 1 aromatic heterocycles. The van der Waals surface area contributed by atoms with Gasteiger partial charge in [-0.05, 0) is 29.7 Å². The molecule has 1 aromatic carbocycles. The lowest BCUT2D eigenvalue weighted by Crippen LogP contribution is -2.24. The number of aryl methyl sites for hydroxylation is 1. The van der Waals surface area contributed by atoms with Gasteiger partial charge in [-0.2, -0.15) is 5.10 Å². The van der Waals surface area contributed by atoms with Crippen LogP contribution in [0.1, 0.15) is 17.0 Å². The van der Waals surface area contributed by atoms with E-state index in [1.807, 2.05) is 30.1 Å². The predicted octanol–water partition coefficient (Wildman–Crippen LogP) is 1.68. The Bertz CT molecular complexity index is 623. The number of benzene rings is 1. The van der Waals surface area contributed by atoms with E-state index in [0.29, 0.717) is 11.8 Å². The van der Waals surface area contributed by atoms with E-state index in [1.54, 1.807) is 7.11 Å². The van der Waals surface area contributed by atoms with Gasteiger partial charge in [0.25, 0.3) is 0 Å². The fraction of sp³-hybridized carbons (Fsp3) is 0.500. The van der Waals surface area contributed by atoms with E-state index in [0.717, 1.165) is 31.8 Å². The van der Waals surface area contributed by atoms with E-state index in [2.05, 4.69) is 28.3 Å². The topological polar surface area (TPSA) is 50.5 Å². The first-order valence-corrected chi connectivity index (χ1v) is 8.14. The number of hydrogen-bond acceptors (Lipinski definition) is 4. The first-order valence-electron chi connectivity index (χ1n) is 8.14. The van der Waals surface area contributed by atoms with Crippen molar-refractivity contribution in [3.05, 3.63) is 47.8 Å². The highest BCUT2D eigenvalue weighted by Crippen LogP contribution is 2.32. The van der Waals surface area contributed by atoms with Crippen molar-refractivity contribution in [3.8, 4) is 5.75 Å². The maximum absolute atomic E-state index is 9.70. The molecule has 1 aliphatic heterocycles. The molecule has 2 heterocycles. The number of hydrogen-bond donors (Lipinski definition) is 1. The molecular formula is C18H25N3O2. The summed E-state index contributed by atoms with van der Waals surface area (Å²) in [7, 11) is 3.63. The highest BCUT2D eigenvalue weighted by molar-refractivity contribution is 5.27. The fourth-order valence-electron chi connectivity index (χ4n) is 3.42. The molecule has 1 N–H and O–H groups in total. The Balaban J connectivity index is 1.58. The van der Waals surface area contributed by atoms with Crippen molar-refractivity contribution < 1.29 is 9.84 Å². The predicted molar refractivity (Wildman–Crippen MR) is 89.7 cm³/mol. The van der Waals surface area contributed by atoms with Gasteiger partial charge in [0.1, 0.15) is 5.75 Å². The van der Waals surface area contributed by atoms with Gasteiger partial charge in [0.05, 0.1) is 13.3 Å². The minimum Gasteiger partial charge on any atom is -0.497 e. The van der Waals surface area contributed by atoms with E-state index in [9.17, 15) is 5.11 Å². The van der Waals surface area contributed by atoms with Gasteiger partial charge in [-0.25, -0.2) is 0 Å². The van der Waals surface area contributed by atoms with Crippen molar-refractivity contribution in [1.82, 2.24) is 14.7 Å². The van der Waals surface area contributed by atoms with Crippen LogP contribution in [0.4, 0.5) is 0 Å². The van der Waals surface area contributed by atoms with Gasteiger partial charge >= 0.3 is 0 Å². The van der Waals surface area contributed by atoms with E-state index in [4.69, 9.17) is 4.74 Å². The van der Waals surface area contributed by atoms with Crippen molar-refractivity contribution in [3.63, 3.8) is 0 Å². The minimum absolute atomic E-state index is 0.235. The maximum Gasteiger partial charge on any atom is 0.118 e. The normalized spacial score (nSPS) is 21.7. The molecule has 2 atom stereocenters. The summed E-state index contributed by atoms with van der Waals surface area (Å²) in [5.41, 5.74) is 2.55. The van der Waals surface area contributed by atoms with Crippen LogP contribution in [-0.4, -0.2) is 53.1 Å². The van der Waals surface area contributed by atoms with E-state index in [-0.39, 0.29) is 6.61 Å². The van der Waals surface area contributed by atoms with Crippen molar-refractivity contribution in [2.45, 2.75) is 12.3 Å². The smallest absolute Gasteiger partial charge is 0.118 e. The SMILES string of the molecule is COc1ccc(CCN2C[C@@H](CO)[C@H](c3cnn(C)c3)C2)cc1. The summed E-state index contributed by atoms with van der Waals surface area (Å²) in [5, 5.41) is 14.0. The second-order valence-electron chi connectivity index (χ2n) is 6.35. The Morgan fingerprint density at radius 3 is 2.65 bits per heavy atom. The van der Waals surface area contributed by atoms with Gasteiger partial charge in [0.15, 0.2) is 0 Å². The van der Waals surface area contributed by atoms with Gasteiger partial charge in [0.2, 0.25) is 0 Å². The lowest BCUT2D eigenvalue weighted by molar-refractivity contribution is 0.215. The number of aliphatic hydroxyl groups is 1. The van der Waals surface area contributed by atoms with Crippen molar-refractivity contribution >= 4 is 0 Å². The first kappa shape index (κ1) is 16.0. The number of nitrogens with zero attached hydrogens (tertiary/aromatic N) is 3. The van der Waals surface area contributed by atoms with Crippen LogP contribution in [0.15, 0.2) is 36.7 Å². The third kappa shape index (κ3) is 3.74. The van der Waals surface area contributed by atoms with Crippen LogP contribution < -0.4 is 4.74 Å². The van der Waals surface area contributed by atoms with Gasteiger partial charge in [0, 0.05) is 51.3 Å². The largest absolute Gasteiger partial charge is 0.497 e. The zero-order valence-electron chi connectivity index (χ0n) is 13.9. The lowest BCUT2D eigenvalue weighted by atomic mass is 9.92. The molecule has 1 fully saturated rings. The van der Waals surface area contributed by atoms with Crippen molar-refractivity contribution in [1.29, 1.82) is 0 Å². The van der Waals surface area contributed by atoms with Crippen LogP contribution in [0.25, 0.3) is 0 Å². The number of methoxy groups -OCH3 is 1. The van der Waals surface area contributed by atoms with Crippen LogP contribution in [0.2, 0.25) is 0 Å². The molecule has 3 rings (SSSR count). The summed E-state index contributed by atoms with van der Waals surface area (Å²) in [6.07, 6.45) is 5.02. The van der Waals surface area contributed by atoms with E-state index >= 15 is 0 Å². The standard InChI is InChI=1S/C18H25N3O2/c1-20-10-15(9-19-20)18-12-21(11-16(18)13-22)8-7-14-3-5-17(23-2)6-4-14/h3-6,9-10,16,18,22H,7-8,11-13H2,1-2H3/t16-,18-/m0/s1. The molecule has 5 nitrogen and oxygen atoms in total. The summed E-state index contributed by atoms with van der Waals surface area (Å²) in [5.74, 6) is 1.58. The molecule has 23 heavy (non-hydrogen) atoms. The fourth-order valence-corrected chi connectivity index (χ4v) is 3.42. The number of aliphatic hydroxyl groups excluding tert-OH is 1. The average molecular weight is 315 g/mol. The molecule has 1 saturated heterocycles. The molecule has 5 heteroatoms. The molecule has 0 radical (unpaired) electrons. The quantitative estimate of drug-likeness (QED) is 0.881. The average Bonchev–Trinajstić information content (AvgIpc) is 3.19. The highest BCUT2D eigenvalue weighted by atomic mass is 16.5. The van der Waals surface area contributed by atoms with Crippen LogP contribution in [0.5, 0.6) is 5.75 Å². The maximum atomic E-state index is 9.70. The number of rotatable bonds is 6. The summed E-state index contributed by atoms with van der Waals surface area (Å²) >= 11 is 0. The Morgan fingerprint density at radius 2 is 2.04 bits per heavy atom. The zero-order valence-corrected chi connectivity index (χ0v) is 13.9. The molecule has 0 bridgehead atoms. The molecule has 0 spiro atoms. The van der Waals surface area contributed by atoms with Crippen LogP contribution in [0, 0.1) is 5.92 Å². The second-order valence-corrected chi connectivity index (χ2v) is 6.35. The van der Waals surface area contributed by atoms with Crippen molar-refractivity contribution in [2.75, 3.05) is 33.4 Å². The Kier molecular flexibility index (Phi) is 4.98. The van der Waals surface area contributed by atoms with Gasteiger partial charge in [-0.15, -0.1) is 0 Å². The summed E-state index contributed by atoms with van der Waals surface area (Å²) in [6, 6.07) is 8.26. The Morgan fingerprint density at radius 1 is 1.26 bits per heavy atom. The summed E-state index contributed by atoms with van der Waals surface area (Å²) in [4.78, 5) is 2.45. The summed E-state index contributed by atoms with van der Waals surface area (Å²) < 4.78 is 7.03. The Labute approximate surface area is 137 Å². The zero-order chi connectivity index (χ0) is 16.2. The lowest BCUT2D eigenvalue weighted by Gasteiger charge is -2.15. The molecule has 0 saturated carbocycles. The third-order valence-electron chi connectivity index (χ3n) is 4.78. The molecular weight excluding hydrogens is 290 g/mol. The molecule has 1 aliphatic rings. The Hall–Kier alpha value is -1.85. The molecule has 0 unspecified atom stereocenters. The summed E-state index contributed by atoms with van der Waals surface area (Å²) in [6.45, 7) is 3.19. The number of aromatic nitrogens is 2. The van der Waals surface area contributed by atoms with Crippen LogP contribution in [-0.2, 0) is 13.5 Å². The molecule has 0 amide bonds. The molecule has 2 aromatic rings. The minimum atomic E-state index is 0.235. The first-order chi connectivity index (χ1) is 11.2. The molecule has 0 aliphatic carbocycles. The van der Waals surface area contributed by atoms with Crippen molar-refractivity contribution in [2.24, 2.45) is 13.0 Å². The third-order valence-corrected chi connectivity index (χ3v) is 4.78. The number of ether oxygens (including phenoxy) is 1.